The zero-order valence-electron chi connectivity index (χ0n) is 15.1. The predicted octanol–water partition coefficient (Wildman–Crippen LogP) is 4.21. The summed E-state index contributed by atoms with van der Waals surface area (Å²) in [6, 6.07) is 21.2. The van der Waals surface area contributed by atoms with Crippen molar-refractivity contribution in [3.8, 4) is 17.3 Å². The Morgan fingerprint density at radius 3 is 2.52 bits per heavy atom. The number of nitriles is 1. The van der Waals surface area contributed by atoms with E-state index in [1.165, 1.54) is 0 Å². The SMILES string of the molecule is COCCCNc1cc(-c2ccccc2)nc(Nc2ccc(C#N)cc2)n1. The van der Waals surface area contributed by atoms with Crippen molar-refractivity contribution in [1.82, 2.24) is 9.97 Å². The molecule has 1 heterocycles. The van der Waals surface area contributed by atoms with Crippen LogP contribution in [-0.4, -0.2) is 30.2 Å². The third-order valence-corrected chi connectivity index (χ3v) is 3.90. The molecule has 0 aliphatic carbocycles. The van der Waals surface area contributed by atoms with Crippen molar-refractivity contribution in [3.05, 3.63) is 66.2 Å². The molecule has 0 aliphatic rings. The predicted molar refractivity (Wildman–Crippen MR) is 107 cm³/mol. The van der Waals surface area contributed by atoms with Crippen LogP contribution >= 0.6 is 0 Å². The lowest BCUT2D eigenvalue weighted by molar-refractivity contribution is 0.198. The quantitative estimate of drug-likeness (QED) is 0.586. The van der Waals surface area contributed by atoms with Gasteiger partial charge in [-0.1, -0.05) is 30.3 Å². The summed E-state index contributed by atoms with van der Waals surface area (Å²) in [6.07, 6.45) is 0.888. The standard InChI is InChI=1S/C21H21N5O/c1-27-13-5-12-23-20-14-19(17-6-3-2-4-7-17)25-21(26-20)24-18-10-8-16(15-22)9-11-18/h2-4,6-11,14H,5,12-13H2,1H3,(H2,23,24,25,26). The molecule has 0 saturated heterocycles. The van der Waals surface area contributed by atoms with Gasteiger partial charge in [-0.3, -0.25) is 0 Å². The second kappa shape index (κ2) is 9.32. The fourth-order valence-electron chi connectivity index (χ4n) is 2.54. The highest BCUT2D eigenvalue weighted by Crippen LogP contribution is 2.23. The first kappa shape index (κ1) is 18.4. The smallest absolute Gasteiger partial charge is 0.229 e. The normalized spacial score (nSPS) is 10.2. The molecule has 2 aromatic carbocycles. The Balaban J connectivity index is 1.85. The van der Waals surface area contributed by atoms with Crippen LogP contribution in [0.25, 0.3) is 11.3 Å². The number of hydrogen-bond acceptors (Lipinski definition) is 6. The third kappa shape index (κ3) is 5.27. The maximum atomic E-state index is 8.93. The third-order valence-electron chi connectivity index (χ3n) is 3.90. The van der Waals surface area contributed by atoms with Crippen LogP contribution in [0.15, 0.2) is 60.7 Å². The van der Waals surface area contributed by atoms with Crippen LogP contribution in [0.4, 0.5) is 17.5 Å². The molecule has 2 N–H and O–H groups in total. The van der Waals surface area contributed by atoms with Gasteiger partial charge in [-0.2, -0.15) is 10.2 Å². The Hall–Kier alpha value is -3.43. The van der Waals surface area contributed by atoms with Gasteiger partial charge >= 0.3 is 0 Å². The second-order valence-electron chi connectivity index (χ2n) is 5.92. The first-order valence-electron chi connectivity index (χ1n) is 8.73. The number of hydrogen-bond donors (Lipinski definition) is 2. The van der Waals surface area contributed by atoms with Gasteiger partial charge in [-0.05, 0) is 30.7 Å². The molecule has 0 unspecified atom stereocenters. The molecule has 6 heteroatoms. The lowest BCUT2D eigenvalue weighted by Gasteiger charge is -2.11. The average Bonchev–Trinajstić information content (AvgIpc) is 2.72. The molecule has 1 aromatic heterocycles. The lowest BCUT2D eigenvalue weighted by Crippen LogP contribution is -2.08. The summed E-state index contributed by atoms with van der Waals surface area (Å²) < 4.78 is 5.09. The van der Waals surface area contributed by atoms with Crippen LogP contribution < -0.4 is 10.6 Å². The number of ether oxygens (including phenoxy) is 1. The van der Waals surface area contributed by atoms with Gasteiger partial charge in [-0.15, -0.1) is 0 Å². The van der Waals surface area contributed by atoms with E-state index in [2.05, 4.69) is 26.7 Å². The molecular weight excluding hydrogens is 338 g/mol. The Morgan fingerprint density at radius 2 is 1.81 bits per heavy atom. The highest BCUT2D eigenvalue weighted by Gasteiger charge is 2.07. The van der Waals surface area contributed by atoms with E-state index in [0.717, 1.165) is 35.7 Å². The first-order chi connectivity index (χ1) is 13.3. The minimum absolute atomic E-state index is 0.496. The van der Waals surface area contributed by atoms with E-state index >= 15 is 0 Å². The molecule has 0 aliphatic heterocycles. The molecule has 0 saturated carbocycles. The van der Waals surface area contributed by atoms with Gasteiger partial charge in [0.1, 0.15) is 5.82 Å². The number of benzene rings is 2. The molecule has 0 fully saturated rings. The highest BCUT2D eigenvalue weighted by atomic mass is 16.5. The van der Waals surface area contributed by atoms with Crippen molar-refractivity contribution in [2.45, 2.75) is 6.42 Å². The van der Waals surface area contributed by atoms with Gasteiger partial charge in [-0.25, -0.2) is 4.98 Å². The average molecular weight is 359 g/mol. The second-order valence-corrected chi connectivity index (χ2v) is 5.92. The number of nitrogens with one attached hydrogen (secondary N) is 2. The molecule has 136 valence electrons. The highest BCUT2D eigenvalue weighted by molar-refractivity contribution is 5.66. The first-order valence-corrected chi connectivity index (χ1v) is 8.73. The fraction of sp³-hybridized carbons (Fsp3) is 0.190. The fourth-order valence-corrected chi connectivity index (χ4v) is 2.54. The molecule has 27 heavy (non-hydrogen) atoms. The molecule has 0 spiro atoms. The summed E-state index contributed by atoms with van der Waals surface area (Å²) in [4.78, 5) is 9.19. The van der Waals surface area contributed by atoms with E-state index in [1.54, 1.807) is 19.2 Å². The summed E-state index contributed by atoms with van der Waals surface area (Å²) in [5.41, 5.74) is 3.28. The molecule has 0 amide bonds. The maximum absolute atomic E-state index is 8.93. The minimum atomic E-state index is 0.496. The maximum Gasteiger partial charge on any atom is 0.229 e. The van der Waals surface area contributed by atoms with E-state index in [0.29, 0.717) is 18.1 Å². The van der Waals surface area contributed by atoms with Crippen molar-refractivity contribution in [3.63, 3.8) is 0 Å². The monoisotopic (exact) mass is 359 g/mol. The van der Waals surface area contributed by atoms with Crippen molar-refractivity contribution in [1.29, 1.82) is 5.26 Å². The summed E-state index contributed by atoms with van der Waals surface area (Å²) in [6.45, 7) is 1.45. The number of nitrogens with zero attached hydrogens (tertiary/aromatic N) is 3. The Labute approximate surface area is 158 Å². The Kier molecular flexibility index (Phi) is 6.34. The largest absolute Gasteiger partial charge is 0.385 e. The lowest BCUT2D eigenvalue weighted by atomic mass is 10.1. The molecule has 0 atom stereocenters. The van der Waals surface area contributed by atoms with Crippen LogP contribution in [-0.2, 0) is 4.74 Å². The van der Waals surface area contributed by atoms with E-state index in [4.69, 9.17) is 10.00 Å². The summed E-state index contributed by atoms with van der Waals surface area (Å²) >= 11 is 0. The number of anilines is 3. The van der Waals surface area contributed by atoms with Crippen LogP contribution in [0, 0.1) is 11.3 Å². The van der Waals surface area contributed by atoms with E-state index in [-0.39, 0.29) is 0 Å². The molecule has 0 radical (unpaired) electrons. The topological polar surface area (TPSA) is 82.9 Å². The number of rotatable bonds is 8. The Bertz CT molecular complexity index is 904. The van der Waals surface area contributed by atoms with Crippen LogP contribution in [0.5, 0.6) is 0 Å². The van der Waals surface area contributed by atoms with Crippen molar-refractivity contribution in [2.75, 3.05) is 30.9 Å². The van der Waals surface area contributed by atoms with Gasteiger partial charge in [0, 0.05) is 37.6 Å². The van der Waals surface area contributed by atoms with Crippen molar-refractivity contribution < 1.29 is 4.74 Å². The molecule has 3 rings (SSSR count). The number of methoxy groups -OCH3 is 1. The van der Waals surface area contributed by atoms with E-state index in [9.17, 15) is 0 Å². The number of aromatic nitrogens is 2. The summed E-state index contributed by atoms with van der Waals surface area (Å²) in [5, 5.41) is 15.5. The van der Waals surface area contributed by atoms with Gasteiger partial charge in [0.25, 0.3) is 0 Å². The van der Waals surface area contributed by atoms with Crippen LogP contribution in [0.2, 0.25) is 0 Å². The molecule has 3 aromatic rings. The zero-order valence-corrected chi connectivity index (χ0v) is 15.1. The summed E-state index contributed by atoms with van der Waals surface area (Å²) in [5.74, 6) is 1.24. The summed E-state index contributed by atoms with van der Waals surface area (Å²) in [7, 11) is 1.69. The van der Waals surface area contributed by atoms with Crippen molar-refractivity contribution >= 4 is 17.5 Å². The minimum Gasteiger partial charge on any atom is -0.385 e. The molecule has 0 bridgehead atoms. The van der Waals surface area contributed by atoms with Gasteiger partial charge in [0.05, 0.1) is 17.3 Å². The van der Waals surface area contributed by atoms with E-state index in [1.807, 2.05) is 48.5 Å². The van der Waals surface area contributed by atoms with Gasteiger partial charge < -0.3 is 15.4 Å². The van der Waals surface area contributed by atoms with Crippen LogP contribution in [0.1, 0.15) is 12.0 Å². The molecular formula is C21H21N5O. The van der Waals surface area contributed by atoms with Gasteiger partial charge in [0.15, 0.2) is 0 Å². The zero-order chi connectivity index (χ0) is 18.9. The van der Waals surface area contributed by atoms with Crippen LogP contribution in [0.3, 0.4) is 0 Å². The van der Waals surface area contributed by atoms with Crippen molar-refractivity contribution in [2.24, 2.45) is 0 Å². The van der Waals surface area contributed by atoms with E-state index < -0.39 is 0 Å². The molecule has 6 nitrogen and oxygen atoms in total. The van der Waals surface area contributed by atoms with Gasteiger partial charge in [0.2, 0.25) is 5.95 Å². The Morgan fingerprint density at radius 1 is 1.04 bits per heavy atom.